The smallest absolute Gasteiger partial charge is 0.244 e. The molecule has 0 bridgehead atoms. The van der Waals surface area contributed by atoms with E-state index in [1.54, 1.807) is 0 Å². The zero-order valence-electron chi connectivity index (χ0n) is 11.4. The number of benzene rings is 1. The fraction of sp³-hybridized carbons (Fsp3) is 0.429. The minimum absolute atomic E-state index is 0.197. The van der Waals surface area contributed by atoms with Gasteiger partial charge < -0.3 is 5.32 Å². The summed E-state index contributed by atoms with van der Waals surface area (Å²) in [5.74, 6) is 0.0678. The molecule has 0 unspecified atom stereocenters. The molecular formula is C14H16N2O3S. The third-order valence-corrected chi connectivity index (χ3v) is 4.71. The summed E-state index contributed by atoms with van der Waals surface area (Å²) in [6.07, 6.45) is 2.26. The van der Waals surface area contributed by atoms with Gasteiger partial charge in [-0.05, 0) is 43.0 Å². The van der Waals surface area contributed by atoms with Crippen molar-refractivity contribution in [3.8, 4) is 6.07 Å². The van der Waals surface area contributed by atoms with Gasteiger partial charge in [-0.15, -0.1) is 0 Å². The van der Waals surface area contributed by atoms with E-state index >= 15 is 0 Å². The Morgan fingerprint density at radius 3 is 2.30 bits per heavy atom. The van der Waals surface area contributed by atoms with Crippen molar-refractivity contribution in [1.29, 1.82) is 5.26 Å². The minimum Gasteiger partial charge on any atom is -0.325 e. The highest BCUT2D eigenvalue weighted by Crippen LogP contribution is 2.45. The number of sulfone groups is 1. The van der Waals surface area contributed by atoms with Crippen LogP contribution in [0.3, 0.4) is 0 Å². The van der Waals surface area contributed by atoms with Crippen molar-refractivity contribution in [3.63, 3.8) is 0 Å². The average Bonchev–Trinajstić information content (AvgIpc) is 2.34. The summed E-state index contributed by atoms with van der Waals surface area (Å²) in [6.45, 7) is 2.00. The zero-order valence-corrected chi connectivity index (χ0v) is 12.2. The first-order chi connectivity index (χ1) is 9.27. The van der Waals surface area contributed by atoms with Crippen LogP contribution in [0.4, 0.5) is 5.69 Å². The van der Waals surface area contributed by atoms with Gasteiger partial charge in [0.05, 0.1) is 11.0 Å². The number of rotatable bonds is 3. The van der Waals surface area contributed by atoms with Crippen LogP contribution in [0, 0.1) is 22.7 Å². The molecule has 1 aliphatic rings. The number of anilines is 1. The second-order valence-corrected chi connectivity index (χ2v) is 7.47. The van der Waals surface area contributed by atoms with E-state index in [2.05, 4.69) is 11.4 Å². The highest BCUT2D eigenvalue weighted by atomic mass is 32.2. The quantitative estimate of drug-likeness (QED) is 0.922. The molecule has 0 atom stereocenters. The number of nitrogens with zero attached hydrogens (tertiary/aromatic N) is 1. The third kappa shape index (κ3) is 2.68. The molecule has 0 aliphatic heterocycles. The predicted octanol–water partition coefficient (Wildman–Crippen LogP) is 1.97. The lowest BCUT2D eigenvalue weighted by atomic mass is 9.63. The van der Waals surface area contributed by atoms with Crippen LogP contribution in [0.1, 0.15) is 19.8 Å². The van der Waals surface area contributed by atoms with E-state index < -0.39 is 15.3 Å². The fourth-order valence-electron chi connectivity index (χ4n) is 2.49. The highest BCUT2D eigenvalue weighted by Gasteiger charge is 2.48. The third-order valence-electron chi connectivity index (χ3n) is 3.58. The summed E-state index contributed by atoms with van der Waals surface area (Å²) >= 11 is 0. The molecular weight excluding hydrogens is 276 g/mol. The summed E-state index contributed by atoms with van der Waals surface area (Å²) < 4.78 is 22.7. The van der Waals surface area contributed by atoms with Gasteiger partial charge in [-0.2, -0.15) is 5.26 Å². The first-order valence-electron chi connectivity index (χ1n) is 6.30. The van der Waals surface area contributed by atoms with E-state index in [0.29, 0.717) is 24.4 Å². The number of amides is 1. The molecule has 6 heteroatoms. The van der Waals surface area contributed by atoms with E-state index in [0.717, 1.165) is 6.26 Å². The Morgan fingerprint density at radius 2 is 1.90 bits per heavy atom. The Hall–Kier alpha value is -1.87. The zero-order chi connectivity index (χ0) is 15.0. The Kier molecular flexibility index (Phi) is 3.57. The monoisotopic (exact) mass is 292 g/mol. The first-order valence-corrected chi connectivity index (χ1v) is 8.19. The maximum Gasteiger partial charge on any atom is 0.244 e. The van der Waals surface area contributed by atoms with Gasteiger partial charge in [0.2, 0.25) is 5.91 Å². The second kappa shape index (κ2) is 4.91. The molecule has 1 aromatic carbocycles. The molecule has 5 nitrogen and oxygen atoms in total. The van der Waals surface area contributed by atoms with E-state index in [1.165, 1.54) is 24.3 Å². The van der Waals surface area contributed by atoms with Crippen molar-refractivity contribution < 1.29 is 13.2 Å². The van der Waals surface area contributed by atoms with Gasteiger partial charge in [0.1, 0.15) is 5.41 Å². The largest absolute Gasteiger partial charge is 0.325 e. The van der Waals surface area contributed by atoms with Crippen LogP contribution < -0.4 is 5.32 Å². The predicted molar refractivity (Wildman–Crippen MR) is 74.6 cm³/mol. The van der Waals surface area contributed by atoms with Gasteiger partial charge in [-0.1, -0.05) is 6.92 Å². The number of nitriles is 1. The summed E-state index contributed by atoms with van der Waals surface area (Å²) in [5.41, 5.74) is -0.439. The van der Waals surface area contributed by atoms with Crippen molar-refractivity contribution in [2.45, 2.75) is 24.7 Å². The maximum absolute atomic E-state index is 12.1. The van der Waals surface area contributed by atoms with Gasteiger partial charge in [-0.25, -0.2) is 8.42 Å². The van der Waals surface area contributed by atoms with Gasteiger partial charge in [0.15, 0.2) is 9.84 Å². The first kappa shape index (κ1) is 14.5. The molecule has 20 heavy (non-hydrogen) atoms. The maximum atomic E-state index is 12.1. The molecule has 1 amide bonds. The van der Waals surface area contributed by atoms with Crippen LogP contribution in [0.15, 0.2) is 29.2 Å². The summed E-state index contributed by atoms with van der Waals surface area (Å²) in [5, 5.41) is 11.8. The van der Waals surface area contributed by atoms with Crippen molar-refractivity contribution in [2.75, 3.05) is 11.6 Å². The van der Waals surface area contributed by atoms with Gasteiger partial charge in [0.25, 0.3) is 0 Å². The van der Waals surface area contributed by atoms with Crippen LogP contribution in [0.2, 0.25) is 0 Å². The Balaban J connectivity index is 2.11. The summed E-state index contributed by atoms with van der Waals surface area (Å²) in [4.78, 5) is 12.3. The van der Waals surface area contributed by atoms with Crippen molar-refractivity contribution >= 4 is 21.4 Å². The van der Waals surface area contributed by atoms with Gasteiger partial charge >= 0.3 is 0 Å². The molecule has 1 aromatic rings. The van der Waals surface area contributed by atoms with Crippen LogP contribution >= 0.6 is 0 Å². The lowest BCUT2D eigenvalue weighted by molar-refractivity contribution is -0.128. The SMILES string of the molecule is CC1CC(C#N)(C(=O)Nc2ccc(S(C)(=O)=O)cc2)C1. The van der Waals surface area contributed by atoms with E-state index in [1.807, 2.05) is 6.92 Å². The molecule has 0 saturated heterocycles. The van der Waals surface area contributed by atoms with Gasteiger partial charge in [0, 0.05) is 11.9 Å². The summed E-state index contributed by atoms with van der Waals surface area (Å²) in [7, 11) is -3.25. The van der Waals surface area contributed by atoms with E-state index in [4.69, 9.17) is 5.26 Å². The molecule has 0 aromatic heterocycles. The van der Waals surface area contributed by atoms with Crippen LogP contribution in [0.25, 0.3) is 0 Å². The fourth-order valence-corrected chi connectivity index (χ4v) is 3.12. The number of hydrogen-bond acceptors (Lipinski definition) is 4. The highest BCUT2D eigenvalue weighted by molar-refractivity contribution is 7.90. The van der Waals surface area contributed by atoms with Crippen LogP contribution in [-0.4, -0.2) is 20.6 Å². The molecule has 1 aliphatic carbocycles. The van der Waals surface area contributed by atoms with Crippen molar-refractivity contribution in [2.24, 2.45) is 11.3 Å². The number of nitrogens with one attached hydrogen (secondary N) is 1. The number of carbonyl (C=O) groups is 1. The molecule has 1 fully saturated rings. The second-order valence-electron chi connectivity index (χ2n) is 5.46. The molecule has 1 saturated carbocycles. The topological polar surface area (TPSA) is 87.0 Å². The van der Waals surface area contributed by atoms with E-state index in [9.17, 15) is 13.2 Å². The molecule has 0 spiro atoms. The molecule has 106 valence electrons. The average molecular weight is 292 g/mol. The number of hydrogen-bond donors (Lipinski definition) is 1. The Morgan fingerprint density at radius 1 is 1.35 bits per heavy atom. The molecule has 0 heterocycles. The van der Waals surface area contributed by atoms with Crippen LogP contribution in [-0.2, 0) is 14.6 Å². The molecule has 2 rings (SSSR count). The minimum atomic E-state index is -3.25. The lowest BCUT2D eigenvalue weighted by Gasteiger charge is -2.39. The van der Waals surface area contributed by atoms with Crippen molar-refractivity contribution in [3.05, 3.63) is 24.3 Å². The normalized spacial score (nSPS) is 25.4. The summed E-state index contributed by atoms with van der Waals surface area (Å²) in [6, 6.07) is 8.03. The Bertz CT molecular complexity index is 665. The van der Waals surface area contributed by atoms with E-state index in [-0.39, 0.29) is 10.8 Å². The Labute approximate surface area is 118 Å². The number of carbonyl (C=O) groups excluding carboxylic acids is 1. The molecule has 1 N–H and O–H groups in total. The van der Waals surface area contributed by atoms with Crippen molar-refractivity contribution in [1.82, 2.24) is 0 Å². The molecule has 0 radical (unpaired) electrons. The standard InChI is InChI=1S/C14H16N2O3S/c1-10-7-14(8-10,9-15)13(17)16-11-3-5-12(6-4-11)20(2,18)19/h3-6,10H,7-8H2,1-2H3,(H,16,17). The van der Waals surface area contributed by atoms with Gasteiger partial charge in [-0.3, -0.25) is 4.79 Å². The van der Waals surface area contributed by atoms with Crippen LogP contribution in [0.5, 0.6) is 0 Å². The lowest BCUT2D eigenvalue weighted by Crippen LogP contribution is -2.45.